The van der Waals surface area contributed by atoms with E-state index in [1.807, 2.05) is 23.5 Å². The monoisotopic (exact) mass is 821 g/mol. The van der Waals surface area contributed by atoms with Crippen LogP contribution in [0.1, 0.15) is 0 Å². The molecule has 63 heavy (non-hydrogen) atoms. The number of hydrogen-bond acceptors (Lipinski definition) is 3. The third-order valence-corrected chi connectivity index (χ3v) is 13.5. The van der Waals surface area contributed by atoms with Gasteiger partial charge in [-0.25, -0.2) is 0 Å². The Kier molecular flexibility index (Phi) is 9.06. The topological polar surface area (TPSA) is 16.4 Å². The van der Waals surface area contributed by atoms with Gasteiger partial charge in [0, 0.05) is 47.9 Å². The van der Waals surface area contributed by atoms with Crippen LogP contribution in [0.15, 0.2) is 241 Å². The van der Waals surface area contributed by atoms with Crippen molar-refractivity contribution >= 4 is 70.5 Å². The first kappa shape index (κ1) is 36.8. The number of hydrogen-bond donors (Lipinski definition) is 0. The molecule has 2 aromatic heterocycles. The van der Waals surface area contributed by atoms with Crippen LogP contribution in [-0.2, 0) is 0 Å². The smallest absolute Gasteiger partial charge is 0.136 e. The maximum absolute atomic E-state index is 6.31. The van der Waals surface area contributed by atoms with Crippen molar-refractivity contribution in [3.8, 4) is 55.6 Å². The average Bonchev–Trinajstić information content (AvgIpc) is 3.94. The number of anilines is 3. The van der Waals surface area contributed by atoms with Crippen LogP contribution in [0.5, 0.6) is 0 Å². The van der Waals surface area contributed by atoms with E-state index in [9.17, 15) is 0 Å². The van der Waals surface area contributed by atoms with Gasteiger partial charge >= 0.3 is 0 Å². The van der Waals surface area contributed by atoms with Gasteiger partial charge in [-0.15, -0.1) is 11.3 Å². The van der Waals surface area contributed by atoms with E-state index in [0.717, 1.165) is 50.1 Å². The SMILES string of the molecule is c1ccc(-c2ccccc2-c2c(-c3ccccc3)cccc2N(c2ccc(-c3cccc4oc5ccccc5c34)cc2)c2ccc(-c3cccc4sc5ccccc5c34)cc2)cc1. The van der Waals surface area contributed by atoms with Crippen LogP contribution >= 0.6 is 11.3 Å². The zero-order valence-electron chi connectivity index (χ0n) is 34.3. The van der Waals surface area contributed by atoms with Gasteiger partial charge in [0.05, 0.1) is 5.69 Å². The van der Waals surface area contributed by atoms with Crippen LogP contribution in [0, 0.1) is 0 Å². The summed E-state index contributed by atoms with van der Waals surface area (Å²) >= 11 is 1.86. The lowest BCUT2D eigenvalue weighted by atomic mass is 9.87. The molecule has 12 aromatic rings. The van der Waals surface area contributed by atoms with Gasteiger partial charge in [-0.3, -0.25) is 0 Å². The van der Waals surface area contributed by atoms with Crippen molar-refractivity contribution in [1.29, 1.82) is 0 Å². The van der Waals surface area contributed by atoms with Gasteiger partial charge in [0.1, 0.15) is 11.2 Å². The molecule has 2 nitrogen and oxygen atoms in total. The lowest BCUT2D eigenvalue weighted by Crippen LogP contribution is -2.12. The molecule has 0 aliphatic rings. The number of nitrogens with zero attached hydrogens (tertiary/aromatic N) is 1. The first-order chi connectivity index (χ1) is 31.3. The van der Waals surface area contributed by atoms with Crippen molar-refractivity contribution in [2.45, 2.75) is 0 Å². The van der Waals surface area contributed by atoms with E-state index in [4.69, 9.17) is 4.42 Å². The largest absolute Gasteiger partial charge is 0.456 e. The molecule has 0 spiro atoms. The maximum Gasteiger partial charge on any atom is 0.136 e. The number of benzene rings is 10. The van der Waals surface area contributed by atoms with Gasteiger partial charge in [-0.05, 0) is 105 Å². The molecule has 0 atom stereocenters. The van der Waals surface area contributed by atoms with Gasteiger partial charge in [-0.1, -0.05) is 182 Å². The van der Waals surface area contributed by atoms with E-state index < -0.39 is 0 Å². The van der Waals surface area contributed by atoms with Gasteiger partial charge < -0.3 is 9.32 Å². The Morgan fingerprint density at radius 2 is 0.778 bits per heavy atom. The highest BCUT2D eigenvalue weighted by molar-refractivity contribution is 7.25. The molecular weight excluding hydrogens is 783 g/mol. The highest BCUT2D eigenvalue weighted by Gasteiger charge is 2.23. The van der Waals surface area contributed by atoms with Gasteiger partial charge in [0.2, 0.25) is 0 Å². The van der Waals surface area contributed by atoms with Crippen molar-refractivity contribution in [2.75, 3.05) is 4.90 Å². The van der Waals surface area contributed by atoms with Crippen molar-refractivity contribution in [1.82, 2.24) is 0 Å². The van der Waals surface area contributed by atoms with E-state index >= 15 is 0 Å². The molecular formula is C60H39NOS. The Morgan fingerprint density at radius 3 is 1.49 bits per heavy atom. The normalized spacial score (nSPS) is 11.5. The molecule has 10 aromatic carbocycles. The molecule has 0 unspecified atom stereocenters. The highest BCUT2D eigenvalue weighted by Crippen LogP contribution is 2.49. The lowest BCUT2D eigenvalue weighted by Gasteiger charge is -2.30. The first-order valence-corrected chi connectivity index (χ1v) is 22.2. The molecule has 0 saturated heterocycles. The summed E-state index contributed by atoms with van der Waals surface area (Å²) in [6, 6.07) is 85.5. The van der Waals surface area contributed by atoms with E-state index in [1.54, 1.807) is 0 Å². The van der Waals surface area contributed by atoms with Crippen molar-refractivity contribution < 1.29 is 4.42 Å². The minimum absolute atomic E-state index is 0.894. The summed E-state index contributed by atoms with van der Waals surface area (Å²) in [6.07, 6.45) is 0. The molecule has 0 fully saturated rings. The standard InChI is InChI=1S/C60H39NOS/c1-3-16-40(17-4-1)46-20-7-8-21-50(46)58-47(41-18-5-2-6-19-41)24-13-27-53(58)61(44-36-32-42(33-37-44)48-25-14-29-55-59(48)51-22-9-11-28-54(51)62-55)45-38-34-43(35-39-45)49-26-15-31-57-60(49)52-23-10-12-30-56(52)63-57/h1-39H. The van der Waals surface area contributed by atoms with Crippen LogP contribution in [0.3, 0.4) is 0 Å². The van der Waals surface area contributed by atoms with Crippen LogP contribution < -0.4 is 4.90 Å². The molecule has 0 aliphatic heterocycles. The summed E-state index contributed by atoms with van der Waals surface area (Å²) in [6.45, 7) is 0. The van der Waals surface area contributed by atoms with Gasteiger partial charge in [0.15, 0.2) is 0 Å². The molecule has 0 bridgehead atoms. The predicted molar refractivity (Wildman–Crippen MR) is 268 cm³/mol. The minimum atomic E-state index is 0.894. The van der Waals surface area contributed by atoms with E-state index in [2.05, 4.69) is 229 Å². The van der Waals surface area contributed by atoms with E-state index in [1.165, 1.54) is 64.7 Å². The molecule has 12 rings (SSSR count). The summed E-state index contributed by atoms with van der Waals surface area (Å²) in [4.78, 5) is 2.44. The highest BCUT2D eigenvalue weighted by atomic mass is 32.1. The fourth-order valence-corrected chi connectivity index (χ4v) is 10.6. The number of para-hydroxylation sites is 1. The van der Waals surface area contributed by atoms with Crippen LogP contribution in [-0.4, -0.2) is 0 Å². The Bertz CT molecular complexity index is 3450. The second-order valence-electron chi connectivity index (χ2n) is 16.0. The van der Waals surface area contributed by atoms with Crippen molar-refractivity contribution in [3.63, 3.8) is 0 Å². The Balaban J connectivity index is 1.07. The molecule has 296 valence electrons. The summed E-state index contributed by atoms with van der Waals surface area (Å²) in [7, 11) is 0. The predicted octanol–water partition coefficient (Wildman–Crippen LogP) is 17.8. The number of fused-ring (bicyclic) bond motifs is 6. The Labute approximate surface area is 370 Å². The Morgan fingerprint density at radius 1 is 0.302 bits per heavy atom. The van der Waals surface area contributed by atoms with Crippen LogP contribution in [0.2, 0.25) is 0 Å². The second-order valence-corrected chi connectivity index (χ2v) is 17.0. The maximum atomic E-state index is 6.31. The summed E-state index contributed by atoms with van der Waals surface area (Å²) in [5.74, 6) is 0. The van der Waals surface area contributed by atoms with E-state index in [0.29, 0.717) is 0 Å². The van der Waals surface area contributed by atoms with E-state index in [-0.39, 0.29) is 0 Å². The number of thiophene rings is 1. The second kappa shape index (κ2) is 15.5. The fourth-order valence-electron chi connectivity index (χ4n) is 9.48. The molecule has 0 N–H and O–H groups in total. The van der Waals surface area contributed by atoms with Crippen molar-refractivity contribution in [2.24, 2.45) is 0 Å². The minimum Gasteiger partial charge on any atom is -0.456 e. The summed E-state index contributed by atoms with van der Waals surface area (Å²) in [5, 5.41) is 4.88. The lowest BCUT2D eigenvalue weighted by molar-refractivity contribution is 0.669. The third-order valence-electron chi connectivity index (χ3n) is 12.3. The number of rotatable bonds is 8. The molecule has 0 saturated carbocycles. The molecule has 0 aliphatic carbocycles. The summed E-state index contributed by atoms with van der Waals surface area (Å²) < 4.78 is 8.92. The third kappa shape index (κ3) is 6.41. The quantitative estimate of drug-likeness (QED) is 0.152. The van der Waals surface area contributed by atoms with Gasteiger partial charge in [-0.2, -0.15) is 0 Å². The number of furan rings is 1. The molecule has 0 radical (unpaired) electrons. The summed E-state index contributed by atoms with van der Waals surface area (Å²) in [5.41, 5.74) is 16.8. The zero-order chi connectivity index (χ0) is 41.7. The molecule has 2 heterocycles. The zero-order valence-corrected chi connectivity index (χ0v) is 35.1. The van der Waals surface area contributed by atoms with Crippen LogP contribution in [0.25, 0.3) is 97.7 Å². The Hall–Kier alpha value is -7.98. The first-order valence-electron chi connectivity index (χ1n) is 21.4. The van der Waals surface area contributed by atoms with Crippen LogP contribution in [0.4, 0.5) is 17.1 Å². The van der Waals surface area contributed by atoms with Gasteiger partial charge in [0.25, 0.3) is 0 Å². The fraction of sp³-hybridized carbons (Fsp3) is 0. The average molecular weight is 822 g/mol. The molecule has 0 amide bonds. The van der Waals surface area contributed by atoms with Crippen molar-refractivity contribution in [3.05, 3.63) is 237 Å². The molecule has 3 heteroatoms.